The topological polar surface area (TPSA) is 4.93 Å². The van der Waals surface area contributed by atoms with Crippen LogP contribution in [0.3, 0.4) is 0 Å². The van der Waals surface area contributed by atoms with Gasteiger partial charge in [0.1, 0.15) is 0 Å². The molecule has 0 spiro atoms. The fourth-order valence-corrected chi connectivity index (χ4v) is 9.83. The zero-order valence-corrected chi connectivity index (χ0v) is 28.1. The SMILES string of the molecule is C1=CCC(C2=CCC(C3=CC4C=Cc5c(c6c(n5C5=CCC(C7=CCCc8ccccc87)C=C5)CCC=C6)C4c4ccccc43)C=C2)C=C1. The molecule has 7 aliphatic carbocycles. The molecule has 0 bridgehead atoms. The molecule has 3 aromatic rings. The summed E-state index contributed by atoms with van der Waals surface area (Å²) in [6, 6.07) is 18.4. The first kappa shape index (κ1) is 29.1. The monoisotopic (exact) mass is 633 g/mol. The molecular weight excluding hydrogens is 591 g/mol. The Hall–Kier alpha value is -4.88. The van der Waals surface area contributed by atoms with E-state index in [4.69, 9.17) is 0 Å². The van der Waals surface area contributed by atoms with E-state index in [-0.39, 0.29) is 0 Å². The van der Waals surface area contributed by atoms with Crippen molar-refractivity contribution >= 4 is 29.0 Å². The van der Waals surface area contributed by atoms with Gasteiger partial charge in [0.15, 0.2) is 0 Å². The van der Waals surface area contributed by atoms with Crippen molar-refractivity contribution in [3.63, 3.8) is 0 Å². The lowest BCUT2D eigenvalue weighted by Crippen LogP contribution is -2.23. The number of allylic oxidation sites excluding steroid dienone is 18. The van der Waals surface area contributed by atoms with Gasteiger partial charge in [-0.3, -0.25) is 0 Å². The van der Waals surface area contributed by atoms with Gasteiger partial charge in [0.25, 0.3) is 0 Å². The van der Waals surface area contributed by atoms with Crippen molar-refractivity contribution in [1.29, 1.82) is 0 Å². The van der Waals surface area contributed by atoms with Gasteiger partial charge in [-0.25, -0.2) is 0 Å². The predicted octanol–water partition coefficient (Wildman–Crippen LogP) is 11.7. The van der Waals surface area contributed by atoms with Gasteiger partial charge in [0, 0.05) is 41.0 Å². The number of nitrogens with zero attached hydrogens (tertiary/aromatic N) is 1. The number of benzene rings is 2. The van der Waals surface area contributed by atoms with Crippen molar-refractivity contribution in [2.75, 3.05) is 0 Å². The summed E-state index contributed by atoms with van der Waals surface area (Å²) in [6.45, 7) is 0. The molecule has 240 valence electrons. The highest BCUT2D eigenvalue weighted by atomic mass is 15.0. The molecule has 7 aliphatic rings. The van der Waals surface area contributed by atoms with E-state index in [1.165, 1.54) is 67.2 Å². The Labute approximate surface area is 291 Å². The summed E-state index contributed by atoms with van der Waals surface area (Å²) in [7, 11) is 0. The quantitative estimate of drug-likeness (QED) is 0.269. The van der Waals surface area contributed by atoms with Crippen LogP contribution in [0, 0.1) is 23.7 Å². The Balaban J connectivity index is 0.999. The maximum absolute atomic E-state index is 2.63. The van der Waals surface area contributed by atoms with Gasteiger partial charge in [-0.15, -0.1) is 0 Å². The maximum atomic E-state index is 2.63. The molecule has 10 rings (SSSR count). The molecule has 2 aromatic carbocycles. The number of hydrogen-bond acceptors (Lipinski definition) is 0. The van der Waals surface area contributed by atoms with Crippen LogP contribution in [0.5, 0.6) is 0 Å². The van der Waals surface area contributed by atoms with E-state index in [1.807, 2.05) is 0 Å². The Morgan fingerprint density at radius 1 is 0.612 bits per heavy atom. The van der Waals surface area contributed by atoms with Crippen LogP contribution in [0.15, 0.2) is 139 Å². The van der Waals surface area contributed by atoms with E-state index in [0.717, 1.165) is 44.9 Å². The van der Waals surface area contributed by atoms with Gasteiger partial charge in [-0.1, -0.05) is 134 Å². The van der Waals surface area contributed by atoms with Crippen molar-refractivity contribution in [1.82, 2.24) is 4.57 Å². The maximum Gasteiger partial charge on any atom is 0.0500 e. The number of aryl methyl sites for hydroxylation is 1. The van der Waals surface area contributed by atoms with Crippen molar-refractivity contribution in [3.8, 4) is 0 Å². The van der Waals surface area contributed by atoms with Crippen molar-refractivity contribution in [2.24, 2.45) is 23.7 Å². The van der Waals surface area contributed by atoms with E-state index in [9.17, 15) is 0 Å². The zero-order valence-electron chi connectivity index (χ0n) is 28.1. The largest absolute Gasteiger partial charge is 0.314 e. The third-order valence-corrected chi connectivity index (χ3v) is 12.2. The smallest absolute Gasteiger partial charge is 0.0500 e. The van der Waals surface area contributed by atoms with Crippen LogP contribution in [0.2, 0.25) is 0 Å². The van der Waals surface area contributed by atoms with Crippen molar-refractivity contribution < 1.29 is 0 Å². The van der Waals surface area contributed by atoms with Gasteiger partial charge in [-0.05, 0) is 107 Å². The number of fused-ring (bicyclic) bond motifs is 8. The van der Waals surface area contributed by atoms with E-state index < -0.39 is 0 Å². The van der Waals surface area contributed by atoms with Gasteiger partial charge in [0.05, 0.1) is 5.69 Å². The van der Waals surface area contributed by atoms with E-state index in [0.29, 0.717) is 29.6 Å². The first-order chi connectivity index (χ1) is 24.3. The molecule has 1 heteroatoms. The van der Waals surface area contributed by atoms with Crippen LogP contribution in [0.1, 0.15) is 82.8 Å². The van der Waals surface area contributed by atoms with Crippen LogP contribution in [0.4, 0.5) is 0 Å². The van der Waals surface area contributed by atoms with Crippen LogP contribution >= 0.6 is 0 Å². The first-order valence-electron chi connectivity index (χ1n) is 18.6. The minimum absolute atomic E-state index is 0.334. The molecular formula is C48H43N. The zero-order chi connectivity index (χ0) is 32.3. The third kappa shape index (κ3) is 4.81. The van der Waals surface area contributed by atoms with Gasteiger partial charge >= 0.3 is 0 Å². The predicted molar refractivity (Wildman–Crippen MR) is 207 cm³/mol. The molecule has 1 nitrogen and oxygen atoms in total. The molecule has 49 heavy (non-hydrogen) atoms. The second kappa shape index (κ2) is 11.9. The normalized spacial score (nSPS) is 27.2. The summed E-state index contributed by atoms with van der Waals surface area (Å²) in [4.78, 5) is 0. The molecule has 0 saturated heterocycles. The van der Waals surface area contributed by atoms with Crippen LogP contribution in [-0.2, 0) is 12.8 Å². The lowest BCUT2D eigenvalue weighted by molar-refractivity contribution is 0.653. The first-order valence-corrected chi connectivity index (χ1v) is 18.6. The summed E-state index contributed by atoms with van der Waals surface area (Å²) < 4.78 is 2.63. The second-order valence-electron chi connectivity index (χ2n) is 14.8. The standard InChI is InChI=1S/C48H43N/c1-2-11-32(12-3-1)33-21-23-36(24-22-33)44-31-37-27-30-46-48(47(37)42-17-7-6-16-41(42)44)43-18-8-9-20-45(43)49(46)38-28-25-35(26-29-38)40-19-10-14-34-13-4-5-15-39(34)40/h1-8,11,13,15-19,21-23,25,27-32,35-37,47H,9-10,12,14,20,24,26H2. The number of rotatable bonds is 4. The molecule has 1 aromatic heterocycles. The van der Waals surface area contributed by atoms with Crippen molar-refractivity contribution in [3.05, 3.63) is 184 Å². The van der Waals surface area contributed by atoms with Crippen LogP contribution < -0.4 is 0 Å². The molecule has 0 N–H and O–H groups in total. The van der Waals surface area contributed by atoms with Gasteiger partial charge in [-0.2, -0.15) is 0 Å². The average molecular weight is 634 g/mol. The van der Waals surface area contributed by atoms with Gasteiger partial charge < -0.3 is 4.57 Å². The lowest BCUT2D eigenvalue weighted by Gasteiger charge is -2.36. The summed E-state index contributed by atoms with van der Waals surface area (Å²) in [6.07, 6.45) is 46.5. The minimum atomic E-state index is 0.334. The van der Waals surface area contributed by atoms with Crippen LogP contribution in [0.25, 0.3) is 29.0 Å². The highest BCUT2D eigenvalue weighted by Crippen LogP contribution is 2.52. The Kier molecular flexibility index (Phi) is 7.07. The number of hydrogen-bond donors (Lipinski definition) is 0. The lowest BCUT2D eigenvalue weighted by atomic mass is 9.67. The Morgan fingerprint density at radius 3 is 2.33 bits per heavy atom. The Morgan fingerprint density at radius 2 is 1.47 bits per heavy atom. The molecule has 0 amide bonds. The highest BCUT2D eigenvalue weighted by molar-refractivity contribution is 5.83. The fourth-order valence-electron chi connectivity index (χ4n) is 9.83. The molecule has 1 heterocycles. The molecule has 0 fully saturated rings. The summed E-state index contributed by atoms with van der Waals surface area (Å²) in [5.41, 5.74) is 17.6. The molecule has 0 saturated carbocycles. The second-order valence-corrected chi connectivity index (χ2v) is 14.8. The molecule has 0 aliphatic heterocycles. The Bertz CT molecular complexity index is 2170. The summed E-state index contributed by atoms with van der Waals surface area (Å²) in [5.74, 6) is 2.07. The van der Waals surface area contributed by atoms with Crippen molar-refractivity contribution in [2.45, 2.75) is 50.9 Å². The highest BCUT2D eigenvalue weighted by Gasteiger charge is 2.39. The van der Waals surface area contributed by atoms with E-state index in [2.05, 4.69) is 150 Å². The summed E-state index contributed by atoms with van der Waals surface area (Å²) >= 11 is 0. The van der Waals surface area contributed by atoms with E-state index >= 15 is 0 Å². The third-order valence-electron chi connectivity index (χ3n) is 12.2. The van der Waals surface area contributed by atoms with E-state index in [1.54, 1.807) is 0 Å². The average Bonchev–Trinajstić information content (AvgIpc) is 3.52. The van der Waals surface area contributed by atoms with Crippen LogP contribution in [-0.4, -0.2) is 4.57 Å². The summed E-state index contributed by atoms with van der Waals surface area (Å²) in [5, 5.41) is 0. The van der Waals surface area contributed by atoms with Gasteiger partial charge in [0.2, 0.25) is 0 Å². The minimum Gasteiger partial charge on any atom is -0.314 e. The fraction of sp³-hybridized carbons (Fsp3) is 0.250. The molecule has 5 unspecified atom stereocenters. The molecule has 0 radical (unpaired) electrons. The number of aromatic nitrogens is 1. The molecule has 5 atom stereocenters.